The Labute approximate surface area is 163 Å². The minimum atomic E-state index is -3.50. The van der Waals surface area contributed by atoms with Crippen LogP contribution < -0.4 is 15.8 Å². The van der Waals surface area contributed by atoms with E-state index in [9.17, 15) is 18.0 Å². The van der Waals surface area contributed by atoms with E-state index in [-0.39, 0.29) is 22.8 Å². The molecule has 3 rings (SSSR count). The molecular weight excluding hydrogens is 382 g/mol. The van der Waals surface area contributed by atoms with E-state index in [1.165, 1.54) is 28.6 Å². The fraction of sp³-hybridized carbons (Fsp3) is 0.263. The minimum absolute atomic E-state index is 0.192. The molecule has 2 aromatic carbocycles. The van der Waals surface area contributed by atoms with E-state index in [1.54, 1.807) is 24.3 Å². The number of ether oxygens (including phenoxy) is 1. The molecule has 1 fully saturated rings. The van der Waals surface area contributed by atoms with Gasteiger partial charge in [0.2, 0.25) is 10.0 Å². The second kappa shape index (κ2) is 8.41. The first-order chi connectivity index (χ1) is 13.4. The van der Waals surface area contributed by atoms with Crippen molar-refractivity contribution in [3.05, 3.63) is 54.1 Å². The number of hydrogen-bond donors (Lipinski definition) is 2. The summed E-state index contributed by atoms with van der Waals surface area (Å²) in [5.41, 5.74) is 5.74. The Hall–Kier alpha value is -2.91. The standard InChI is InChI=1S/C19H21N3O5S/c20-18(23)13-27-17-6-2-1-5-16(17)19(24)21-14-7-9-15(10-8-14)28(25,26)22-11-3-4-12-22/h1-2,5-10H,3-4,11-13H2,(H2,20,23)(H,21,24). The SMILES string of the molecule is NC(=O)COc1ccccc1C(=O)Nc1ccc(S(=O)(=O)N2CCCC2)cc1. The van der Waals surface area contributed by atoms with Gasteiger partial charge in [-0.05, 0) is 49.2 Å². The first kappa shape index (κ1) is 19.8. The summed E-state index contributed by atoms with van der Waals surface area (Å²) in [6.07, 6.45) is 1.73. The molecule has 3 N–H and O–H groups in total. The quantitative estimate of drug-likeness (QED) is 0.728. The van der Waals surface area contributed by atoms with Crippen LogP contribution in [-0.2, 0) is 14.8 Å². The summed E-state index contributed by atoms with van der Waals surface area (Å²) < 4.78 is 31.8. The maximum atomic E-state index is 12.5. The van der Waals surface area contributed by atoms with Crippen LogP contribution in [-0.4, -0.2) is 44.2 Å². The lowest BCUT2D eigenvalue weighted by molar-refractivity contribution is -0.119. The van der Waals surface area contributed by atoms with E-state index in [4.69, 9.17) is 10.5 Å². The number of amides is 2. The zero-order chi connectivity index (χ0) is 20.1. The van der Waals surface area contributed by atoms with Crippen molar-refractivity contribution in [1.29, 1.82) is 0 Å². The second-order valence-electron chi connectivity index (χ2n) is 6.34. The molecule has 1 saturated heterocycles. The van der Waals surface area contributed by atoms with Crippen LogP contribution >= 0.6 is 0 Å². The Morgan fingerprint density at radius 2 is 1.68 bits per heavy atom. The van der Waals surface area contributed by atoms with Gasteiger partial charge in [-0.15, -0.1) is 0 Å². The fourth-order valence-corrected chi connectivity index (χ4v) is 4.43. The average Bonchev–Trinajstić information content (AvgIpc) is 3.23. The maximum Gasteiger partial charge on any atom is 0.259 e. The van der Waals surface area contributed by atoms with E-state index in [0.29, 0.717) is 18.8 Å². The van der Waals surface area contributed by atoms with Gasteiger partial charge in [-0.1, -0.05) is 12.1 Å². The average molecular weight is 403 g/mol. The Morgan fingerprint density at radius 3 is 2.32 bits per heavy atom. The molecule has 2 amide bonds. The minimum Gasteiger partial charge on any atom is -0.483 e. The first-order valence-electron chi connectivity index (χ1n) is 8.79. The number of anilines is 1. The highest BCUT2D eigenvalue weighted by molar-refractivity contribution is 7.89. The van der Waals surface area contributed by atoms with Crippen molar-refractivity contribution in [3.63, 3.8) is 0 Å². The van der Waals surface area contributed by atoms with Gasteiger partial charge in [0.05, 0.1) is 10.5 Å². The Morgan fingerprint density at radius 1 is 1.04 bits per heavy atom. The Bertz CT molecular complexity index is 967. The summed E-state index contributed by atoms with van der Waals surface area (Å²) in [7, 11) is -3.50. The number of benzene rings is 2. The van der Waals surface area contributed by atoms with Crippen molar-refractivity contribution in [2.24, 2.45) is 5.73 Å². The largest absolute Gasteiger partial charge is 0.483 e. The van der Waals surface area contributed by atoms with Gasteiger partial charge in [-0.3, -0.25) is 9.59 Å². The predicted molar refractivity (Wildman–Crippen MR) is 104 cm³/mol. The molecule has 0 saturated carbocycles. The summed E-state index contributed by atoms with van der Waals surface area (Å²) in [4.78, 5) is 23.6. The van der Waals surface area contributed by atoms with Crippen LogP contribution in [0.5, 0.6) is 5.75 Å². The number of primary amides is 1. The normalized spacial score (nSPS) is 14.6. The second-order valence-corrected chi connectivity index (χ2v) is 8.28. The van der Waals surface area contributed by atoms with E-state index >= 15 is 0 Å². The van der Waals surface area contributed by atoms with Crippen LogP contribution in [0.3, 0.4) is 0 Å². The number of nitrogens with one attached hydrogen (secondary N) is 1. The van der Waals surface area contributed by atoms with Gasteiger partial charge in [0.15, 0.2) is 6.61 Å². The van der Waals surface area contributed by atoms with Crippen molar-refractivity contribution in [2.75, 3.05) is 25.0 Å². The third-order valence-corrected chi connectivity index (χ3v) is 6.23. The molecule has 148 valence electrons. The number of para-hydroxylation sites is 1. The molecule has 0 aromatic heterocycles. The van der Waals surface area contributed by atoms with Gasteiger partial charge >= 0.3 is 0 Å². The van der Waals surface area contributed by atoms with Gasteiger partial charge in [0.25, 0.3) is 11.8 Å². The summed E-state index contributed by atoms with van der Waals surface area (Å²) >= 11 is 0. The molecule has 8 nitrogen and oxygen atoms in total. The monoisotopic (exact) mass is 403 g/mol. The summed E-state index contributed by atoms with van der Waals surface area (Å²) in [5, 5.41) is 2.69. The topological polar surface area (TPSA) is 119 Å². The number of nitrogens with zero attached hydrogens (tertiary/aromatic N) is 1. The van der Waals surface area contributed by atoms with Crippen molar-refractivity contribution < 1.29 is 22.7 Å². The van der Waals surface area contributed by atoms with Crippen LogP contribution in [0.2, 0.25) is 0 Å². The Balaban J connectivity index is 1.72. The number of hydrogen-bond acceptors (Lipinski definition) is 5. The van der Waals surface area contributed by atoms with E-state index in [2.05, 4.69) is 5.32 Å². The highest BCUT2D eigenvalue weighted by Gasteiger charge is 2.27. The van der Waals surface area contributed by atoms with Crippen LogP contribution in [0.4, 0.5) is 5.69 Å². The third-order valence-electron chi connectivity index (χ3n) is 4.32. The van der Waals surface area contributed by atoms with Crippen molar-refractivity contribution >= 4 is 27.5 Å². The van der Waals surface area contributed by atoms with Crippen molar-refractivity contribution in [2.45, 2.75) is 17.7 Å². The molecule has 1 aliphatic heterocycles. The highest BCUT2D eigenvalue weighted by Crippen LogP contribution is 2.23. The number of nitrogens with two attached hydrogens (primary N) is 1. The summed E-state index contributed by atoms with van der Waals surface area (Å²) in [6, 6.07) is 12.5. The Kier molecular flexibility index (Phi) is 5.96. The van der Waals surface area contributed by atoms with Crippen molar-refractivity contribution in [1.82, 2.24) is 4.31 Å². The molecule has 2 aromatic rings. The molecular formula is C19H21N3O5S. The zero-order valence-corrected chi connectivity index (χ0v) is 15.9. The van der Waals surface area contributed by atoms with Gasteiger partial charge in [0, 0.05) is 18.8 Å². The van der Waals surface area contributed by atoms with Crippen LogP contribution in [0.25, 0.3) is 0 Å². The molecule has 1 aliphatic rings. The lowest BCUT2D eigenvalue weighted by atomic mass is 10.2. The number of sulfonamides is 1. The van der Waals surface area contributed by atoms with Gasteiger partial charge in [-0.25, -0.2) is 8.42 Å². The van der Waals surface area contributed by atoms with Crippen molar-refractivity contribution in [3.8, 4) is 5.75 Å². The maximum absolute atomic E-state index is 12.5. The lowest BCUT2D eigenvalue weighted by Crippen LogP contribution is -2.27. The smallest absolute Gasteiger partial charge is 0.259 e. The lowest BCUT2D eigenvalue weighted by Gasteiger charge is -2.16. The van der Waals surface area contributed by atoms with E-state index < -0.39 is 21.8 Å². The van der Waals surface area contributed by atoms with E-state index in [0.717, 1.165) is 12.8 Å². The van der Waals surface area contributed by atoms with Crippen LogP contribution in [0.15, 0.2) is 53.4 Å². The molecule has 9 heteroatoms. The molecule has 0 atom stereocenters. The van der Waals surface area contributed by atoms with E-state index in [1.807, 2.05) is 0 Å². The molecule has 28 heavy (non-hydrogen) atoms. The summed E-state index contributed by atoms with van der Waals surface area (Å²) in [6.45, 7) is 0.721. The number of rotatable bonds is 7. The summed E-state index contributed by atoms with van der Waals surface area (Å²) in [5.74, 6) is -0.868. The number of carbonyl (C=O) groups is 2. The molecule has 0 unspecified atom stereocenters. The molecule has 0 aliphatic carbocycles. The molecule has 0 bridgehead atoms. The third kappa shape index (κ3) is 4.49. The first-order valence-corrected chi connectivity index (χ1v) is 10.2. The van der Waals surface area contributed by atoms with Crippen LogP contribution in [0, 0.1) is 0 Å². The fourth-order valence-electron chi connectivity index (χ4n) is 2.92. The van der Waals surface area contributed by atoms with Gasteiger partial charge in [0.1, 0.15) is 5.75 Å². The highest BCUT2D eigenvalue weighted by atomic mass is 32.2. The molecule has 0 spiro atoms. The predicted octanol–water partition coefficient (Wildman–Crippen LogP) is 1.59. The van der Waals surface area contributed by atoms with Gasteiger partial charge < -0.3 is 15.8 Å². The van der Waals surface area contributed by atoms with Crippen LogP contribution in [0.1, 0.15) is 23.2 Å². The molecule has 0 radical (unpaired) electrons. The number of carbonyl (C=O) groups excluding carboxylic acids is 2. The zero-order valence-electron chi connectivity index (χ0n) is 15.1. The molecule has 1 heterocycles. The van der Waals surface area contributed by atoms with Gasteiger partial charge in [-0.2, -0.15) is 4.31 Å².